The second kappa shape index (κ2) is 9.18. The molecular formula is C18H29N3O2. The van der Waals surface area contributed by atoms with Crippen molar-refractivity contribution in [2.75, 3.05) is 11.9 Å². The molecule has 0 saturated heterocycles. The van der Waals surface area contributed by atoms with E-state index in [1.807, 2.05) is 52.0 Å². The van der Waals surface area contributed by atoms with E-state index in [2.05, 4.69) is 10.6 Å². The molecular weight excluding hydrogens is 290 g/mol. The van der Waals surface area contributed by atoms with Crippen LogP contribution in [0.3, 0.4) is 0 Å². The van der Waals surface area contributed by atoms with E-state index in [-0.39, 0.29) is 18.0 Å². The summed E-state index contributed by atoms with van der Waals surface area (Å²) in [5, 5.41) is 5.84. The minimum atomic E-state index is -0.532. The molecule has 1 rings (SSSR count). The highest BCUT2D eigenvalue weighted by Gasteiger charge is 2.25. The van der Waals surface area contributed by atoms with Gasteiger partial charge >= 0.3 is 6.03 Å². The first kappa shape index (κ1) is 19.0. The van der Waals surface area contributed by atoms with Gasteiger partial charge in [-0.15, -0.1) is 0 Å². The molecule has 0 radical (unpaired) electrons. The summed E-state index contributed by atoms with van der Waals surface area (Å²) in [5.41, 5.74) is 1.87. The molecule has 0 fully saturated rings. The summed E-state index contributed by atoms with van der Waals surface area (Å²) in [6.07, 6.45) is 1.76. The molecule has 0 spiro atoms. The Kier molecular flexibility index (Phi) is 7.59. The van der Waals surface area contributed by atoms with E-state index in [1.54, 1.807) is 11.8 Å². The fraction of sp³-hybridized carbons (Fsp3) is 0.556. The smallest absolute Gasteiger partial charge is 0.318 e. The fourth-order valence-corrected chi connectivity index (χ4v) is 2.37. The Labute approximate surface area is 139 Å². The van der Waals surface area contributed by atoms with Crippen molar-refractivity contribution in [3.05, 3.63) is 29.8 Å². The molecule has 128 valence electrons. The third-order valence-corrected chi connectivity index (χ3v) is 4.08. The Morgan fingerprint density at radius 2 is 1.65 bits per heavy atom. The largest absolute Gasteiger partial charge is 0.335 e. The number of carbonyl (C=O) groups is 2. The van der Waals surface area contributed by atoms with Crippen molar-refractivity contribution in [2.24, 2.45) is 0 Å². The van der Waals surface area contributed by atoms with Crippen molar-refractivity contribution in [3.63, 3.8) is 0 Å². The van der Waals surface area contributed by atoms with Crippen LogP contribution < -0.4 is 10.6 Å². The monoisotopic (exact) mass is 319 g/mol. The van der Waals surface area contributed by atoms with Crippen LogP contribution in [-0.2, 0) is 4.79 Å². The molecule has 0 aliphatic rings. The van der Waals surface area contributed by atoms with Crippen LogP contribution >= 0.6 is 0 Å². The number of benzene rings is 1. The van der Waals surface area contributed by atoms with Gasteiger partial charge in [0.15, 0.2) is 0 Å². The summed E-state index contributed by atoms with van der Waals surface area (Å²) in [6.45, 7) is 10.2. The highest BCUT2D eigenvalue weighted by molar-refractivity contribution is 5.96. The molecule has 5 nitrogen and oxygen atoms in total. The van der Waals surface area contributed by atoms with Crippen molar-refractivity contribution in [2.45, 2.75) is 59.5 Å². The number of likely N-dealkylation sites (N-methyl/N-ethyl adjacent to an activating group) is 1. The van der Waals surface area contributed by atoms with Gasteiger partial charge in [-0.25, -0.2) is 4.79 Å². The van der Waals surface area contributed by atoms with E-state index in [0.29, 0.717) is 6.54 Å². The lowest BCUT2D eigenvalue weighted by Gasteiger charge is -2.29. The minimum Gasteiger partial charge on any atom is -0.335 e. The Hall–Kier alpha value is -2.04. The standard InChI is InChI=1S/C18H29N3O2/c1-6-15(7-2)20-18(23)21(8-3)14(5)17(22)19-16-11-9-13(4)10-12-16/h9-12,14-15H,6-8H2,1-5H3,(H,19,22)(H,20,23). The molecule has 0 saturated carbocycles. The molecule has 1 aromatic carbocycles. The molecule has 0 heterocycles. The molecule has 3 amide bonds. The van der Waals surface area contributed by atoms with E-state index >= 15 is 0 Å². The van der Waals surface area contributed by atoms with E-state index in [4.69, 9.17) is 0 Å². The SMILES string of the molecule is CCC(CC)NC(=O)N(CC)C(C)C(=O)Nc1ccc(C)cc1. The molecule has 0 bridgehead atoms. The zero-order valence-corrected chi connectivity index (χ0v) is 14.8. The summed E-state index contributed by atoms with van der Waals surface area (Å²) in [7, 11) is 0. The summed E-state index contributed by atoms with van der Waals surface area (Å²) in [4.78, 5) is 26.3. The topological polar surface area (TPSA) is 61.4 Å². The predicted octanol–water partition coefficient (Wildman–Crippen LogP) is 3.54. The van der Waals surface area contributed by atoms with Gasteiger partial charge in [-0.1, -0.05) is 31.5 Å². The Morgan fingerprint density at radius 1 is 1.09 bits per heavy atom. The third kappa shape index (κ3) is 5.58. The van der Waals surface area contributed by atoms with Gasteiger partial charge in [-0.05, 0) is 45.7 Å². The zero-order valence-electron chi connectivity index (χ0n) is 14.8. The Balaban J connectivity index is 2.70. The molecule has 0 aromatic heterocycles. The number of nitrogens with one attached hydrogen (secondary N) is 2. The van der Waals surface area contributed by atoms with Crippen LogP contribution in [0, 0.1) is 6.92 Å². The van der Waals surface area contributed by atoms with Crippen LogP contribution in [0.4, 0.5) is 10.5 Å². The molecule has 5 heteroatoms. The summed E-state index contributed by atoms with van der Waals surface area (Å²) in [6, 6.07) is 7.03. The number of nitrogens with zero attached hydrogens (tertiary/aromatic N) is 1. The normalized spacial score (nSPS) is 11.9. The summed E-state index contributed by atoms with van der Waals surface area (Å²) >= 11 is 0. The van der Waals surface area contributed by atoms with Crippen LogP contribution in [0.15, 0.2) is 24.3 Å². The van der Waals surface area contributed by atoms with Crippen LogP contribution in [0.5, 0.6) is 0 Å². The van der Waals surface area contributed by atoms with Gasteiger partial charge in [0.1, 0.15) is 6.04 Å². The first-order valence-corrected chi connectivity index (χ1v) is 8.37. The van der Waals surface area contributed by atoms with Gasteiger partial charge < -0.3 is 15.5 Å². The highest BCUT2D eigenvalue weighted by Crippen LogP contribution is 2.11. The van der Waals surface area contributed by atoms with Crippen LogP contribution in [-0.4, -0.2) is 35.5 Å². The number of urea groups is 1. The van der Waals surface area contributed by atoms with Gasteiger partial charge in [0.25, 0.3) is 0 Å². The number of hydrogen-bond acceptors (Lipinski definition) is 2. The molecule has 23 heavy (non-hydrogen) atoms. The maximum absolute atomic E-state index is 12.4. The van der Waals surface area contributed by atoms with Gasteiger partial charge in [-0.3, -0.25) is 4.79 Å². The van der Waals surface area contributed by atoms with Crippen LogP contribution in [0.2, 0.25) is 0 Å². The van der Waals surface area contributed by atoms with Gasteiger partial charge in [0.05, 0.1) is 0 Å². The van der Waals surface area contributed by atoms with Crippen molar-refractivity contribution < 1.29 is 9.59 Å². The van der Waals surface area contributed by atoms with Gasteiger partial charge in [0.2, 0.25) is 5.91 Å². The van der Waals surface area contributed by atoms with Crippen molar-refractivity contribution in [1.29, 1.82) is 0 Å². The molecule has 1 atom stereocenters. The van der Waals surface area contributed by atoms with Crippen LogP contribution in [0.25, 0.3) is 0 Å². The van der Waals surface area contributed by atoms with E-state index in [0.717, 1.165) is 24.1 Å². The number of rotatable bonds is 7. The number of hydrogen-bond donors (Lipinski definition) is 2. The first-order valence-electron chi connectivity index (χ1n) is 8.37. The van der Waals surface area contributed by atoms with Gasteiger partial charge in [-0.2, -0.15) is 0 Å². The highest BCUT2D eigenvalue weighted by atomic mass is 16.2. The van der Waals surface area contributed by atoms with E-state index in [1.165, 1.54) is 0 Å². The van der Waals surface area contributed by atoms with Gasteiger partial charge in [0, 0.05) is 18.3 Å². The summed E-state index contributed by atoms with van der Waals surface area (Å²) < 4.78 is 0. The maximum atomic E-state index is 12.4. The second-order valence-corrected chi connectivity index (χ2v) is 5.78. The van der Waals surface area contributed by atoms with E-state index < -0.39 is 6.04 Å². The number of anilines is 1. The molecule has 0 aliphatic carbocycles. The van der Waals surface area contributed by atoms with E-state index in [9.17, 15) is 9.59 Å². The Bertz CT molecular complexity index is 510. The third-order valence-electron chi connectivity index (χ3n) is 4.08. The number of aryl methyl sites for hydroxylation is 1. The average Bonchev–Trinajstić information content (AvgIpc) is 2.55. The van der Waals surface area contributed by atoms with Crippen molar-refractivity contribution in [3.8, 4) is 0 Å². The first-order chi connectivity index (χ1) is 10.9. The summed E-state index contributed by atoms with van der Waals surface area (Å²) in [5.74, 6) is -0.185. The Morgan fingerprint density at radius 3 is 2.13 bits per heavy atom. The van der Waals surface area contributed by atoms with Crippen molar-refractivity contribution in [1.82, 2.24) is 10.2 Å². The lowest BCUT2D eigenvalue weighted by atomic mass is 10.2. The molecule has 1 unspecified atom stereocenters. The number of carbonyl (C=O) groups excluding carboxylic acids is 2. The minimum absolute atomic E-state index is 0.143. The average molecular weight is 319 g/mol. The lowest BCUT2D eigenvalue weighted by Crippen LogP contribution is -2.51. The quantitative estimate of drug-likeness (QED) is 0.807. The maximum Gasteiger partial charge on any atom is 0.318 e. The second-order valence-electron chi connectivity index (χ2n) is 5.78. The molecule has 0 aliphatic heterocycles. The zero-order chi connectivity index (χ0) is 17.4. The number of amides is 3. The molecule has 2 N–H and O–H groups in total. The fourth-order valence-electron chi connectivity index (χ4n) is 2.37. The van der Waals surface area contributed by atoms with Crippen molar-refractivity contribution >= 4 is 17.6 Å². The lowest BCUT2D eigenvalue weighted by molar-refractivity contribution is -0.119. The predicted molar refractivity (Wildman–Crippen MR) is 94.6 cm³/mol. The van der Waals surface area contributed by atoms with Crippen LogP contribution in [0.1, 0.15) is 46.1 Å². The molecule has 1 aromatic rings.